The molecule has 0 fully saturated rings. The van der Waals surface area contributed by atoms with Crippen molar-refractivity contribution < 1.29 is 4.74 Å². The number of ether oxygens (including phenoxy) is 1. The largest absolute Gasteiger partial charge is 0.487 e. The number of aryl methyl sites for hydroxylation is 2. The number of rotatable bonds is 5. The van der Waals surface area contributed by atoms with Crippen LogP contribution in [0.25, 0.3) is 0 Å². The fourth-order valence-electron chi connectivity index (χ4n) is 2.11. The molecule has 20 heavy (non-hydrogen) atoms. The van der Waals surface area contributed by atoms with Crippen LogP contribution in [0.15, 0.2) is 24.3 Å². The Labute approximate surface area is 124 Å². The summed E-state index contributed by atoms with van der Waals surface area (Å²) in [7, 11) is 1.88. The first-order valence-corrected chi connectivity index (χ1v) is 7.10. The molecular formula is C15H20ClN3O. The van der Waals surface area contributed by atoms with Crippen LogP contribution < -0.4 is 10.5 Å². The van der Waals surface area contributed by atoms with Crippen LogP contribution in [0.5, 0.6) is 5.75 Å². The molecule has 1 aromatic carbocycles. The summed E-state index contributed by atoms with van der Waals surface area (Å²) in [5, 5.41) is 5.07. The van der Waals surface area contributed by atoms with Gasteiger partial charge in [0.2, 0.25) is 0 Å². The normalized spacial score (nSPS) is 12.4. The lowest BCUT2D eigenvalue weighted by Gasteiger charge is -2.14. The van der Waals surface area contributed by atoms with E-state index in [9.17, 15) is 0 Å². The Hall–Kier alpha value is -1.52. The summed E-state index contributed by atoms with van der Waals surface area (Å²) in [5.41, 5.74) is 8.71. The number of halogens is 1. The minimum Gasteiger partial charge on any atom is -0.487 e. The molecule has 0 radical (unpaired) electrons. The monoisotopic (exact) mass is 293 g/mol. The van der Waals surface area contributed by atoms with E-state index in [-0.39, 0.29) is 6.04 Å². The Bertz CT molecular complexity index is 593. The van der Waals surface area contributed by atoms with E-state index in [0.29, 0.717) is 11.6 Å². The standard InChI is InChI=1S/C15H20ClN3O/c1-4-12-15(16)13(19(3)18-12)9-20-14-8-6-5-7-11(14)10(2)17/h5-8,10H,4,9,17H2,1-3H3/t10-/m1/s1. The van der Waals surface area contributed by atoms with Crippen molar-refractivity contribution in [3.63, 3.8) is 0 Å². The molecule has 0 aliphatic carbocycles. The first-order chi connectivity index (χ1) is 9.54. The number of para-hydroxylation sites is 1. The molecule has 0 spiro atoms. The summed E-state index contributed by atoms with van der Waals surface area (Å²) in [6.45, 7) is 4.35. The Balaban J connectivity index is 2.19. The molecule has 2 rings (SSSR count). The van der Waals surface area contributed by atoms with Gasteiger partial charge < -0.3 is 10.5 Å². The average Bonchev–Trinajstić information content (AvgIpc) is 2.71. The molecule has 0 aliphatic rings. The number of nitrogens with two attached hydrogens (primary N) is 1. The number of benzene rings is 1. The highest BCUT2D eigenvalue weighted by atomic mass is 35.5. The number of aromatic nitrogens is 2. The van der Waals surface area contributed by atoms with E-state index in [1.807, 2.05) is 45.2 Å². The second kappa shape index (κ2) is 6.29. The van der Waals surface area contributed by atoms with Gasteiger partial charge in [0.05, 0.1) is 16.4 Å². The fourth-order valence-corrected chi connectivity index (χ4v) is 2.46. The summed E-state index contributed by atoms with van der Waals surface area (Å²) in [6.07, 6.45) is 0.809. The summed E-state index contributed by atoms with van der Waals surface area (Å²) < 4.78 is 7.65. The van der Waals surface area contributed by atoms with E-state index in [4.69, 9.17) is 22.1 Å². The number of hydrogen-bond donors (Lipinski definition) is 1. The van der Waals surface area contributed by atoms with Crippen LogP contribution in [-0.2, 0) is 20.1 Å². The molecule has 1 aromatic heterocycles. The number of nitrogens with zero attached hydrogens (tertiary/aromatic N) is 2. The first-order valence-electron chi connectivity index (χ1n) is 6.72. The fraction of sp³-hybridized carbons (Fsp3) is 0.400. The highest BCUT2D eigenvalue weighted by Gasteiger charge is 2.14. The van der Waals surface area contributed by atoms with Gasteiger partial charge in [-0.25, -0.2) is 0 Å². The Morgan fingerprint density at radius 1 is 1.40 bits per heavy atom. The first kappa shape index (κ1) is 14.9. The lowest BCUT2D eigenvalue weighted by Crippen LogP contribution is -2.09. The van der Waals surface area contributed by atoms with Gasteiger partial charge in [0, 0.05) is 18.7 Å². The lowest BCUT2D eigenvalue weighted by atomic mass is 10.1. The van der Waals surface area contributed by atoms with E-state index in [0.717, 1.165) is 29.1 Å². The predicted molar refractivity (Wildman–Crippen MR) is 81.0 cm³/mol. The molecule has 5 heteroatoms. The van der Waals surface area contributed by atoms with E-state index in [1.54, 1.807) is 4.68 Å². The SMILES string of the molecule is CCc1nn(C)c(COc2ccccc2[C@@H](C)N)c1Cl. The third-order valence-electron chi connectivity index (χ3n) is 3.28. The Morgan fingerprint density at radius 3 is 2.70 bits per heavy atom. The molecule has 0 amide bonds. The zero-order valence-electron chi connectivity index (χ0n) is 12.1. The van der Waals surface area contributed by atoms with Crippen molar-refractivity contribution in [2.75, 3.05) is 0 Å². The summed E-state index contributed by atoms with van der Waals surface area (Å²) in [5.74, 6) is 0.790. The molecule has 0 saturated heterocycles. The van der Waals surface area contributed by atoms with Crippen LogP contribution in [0.2, 0.25) is 5.02 Å². The smallest absolute Gasteiger partial charge is 0.131 e. The molecule has 108 valence electrons. The van der Waals surface area contributed by atoms with Crippen LogP contribution in [0.4, 0.5) is 0 Å². The van der Waals surface area contributed by atoms with E-state index in [2.05, 4.69) is 5.10 Å². The van der Waals surface area contributed by atoms with E-state index < -0.39 is 0 Å². The molecule has 2 N–H and O–H groups in total. The lowest BCUT2D eigenvalue weighted by molar-refractivity contribution is 0.290. The minimum absolute atomic E-state index is 0.0700. The van der Waals surface area contributed by atoms with Crippen molar-refractivity contribution in [2.24, 2.45) is 12.8 Å². The van der Waals surface area contributed by atoms with E-state index in [1.165, 1.54) is 0 Å². The van der Waals surface area contributed by atoms with Gasteiger partial charge in [-0.05, 0) is 19.4 Å². The van der Waals surface area contributed by atoms with Gasteiger partial charge >= 0.3 is 0 Å². The van der Waals surface area contributed by atoms with Gasteiger partial charge in [0.1, 0.15) is 12.4 Å². The van der Waals surface area contributed by atoms with Gasteiger partial charge in [-0.3, -0.25) is 4.68 Å². The molecular weight excluding hydrogens is 274 g/mol. The van der Waals surface area contributed by atoms with Crippen LogP contribution in [0.1, 0.15) is 36.8 Å². The predicted octanol–water partition coefficient (Wildman–Crippen LogP) is 3.23. The van der Waals surface area contributed by atoms with Crippen molar-refractivity contribution in [1.82, 2.24) is 9.78 Å². The maximum atomic E-state index is 6.31. The molecule has 0 aliphatic heterocycles. The van der Waals surface area contributed by atoms with Crippen LogP contribution in [0, 0.1) is 0 Å². The molecule has 0 saturated carbocycles. The second-order valence-corrected chi connectivity index (χ2v) is 5.18. The molecule has 2 aromatic rings. The zero-order chi connectivity index (χ0) is 14.7. The minimum atomic E-state index is -0.0700. The summed E-state index contributed by atoms with van der Waals surface area (Å²) >= 11 is 6.31. The quantitative estimate of drug-likeness (QED) is 0.921. The third-order valence-corrected chi connectivity index (χ3v) is 3.71. The molecule has 1 heterocycles. The van der Waals surface area contributed by atoms with Crippen molar-refractivity contribution >= 4 is 11.6 Å². The maximum absolute atomic E-state index is 6.31. The zero-order valence-corrected chi connectivity index (χ0v) is 12.8. The Morgan fingerprint density at radius 2 is 2.10 bits per heavy atom. The van der Waals surface area contributed by atoms with E-state index >= 15 is 0 Å². The van der Waals surface area contributed by atoms with Gasteiger partial charge in [-0.15, -0.1) is 0 Å². The average molecular weight is 294 g/mol. The van der Waals surface area contributed by atoms with Gasteiger partial charge in [0.25, 0.3) is 0 Å². The van der Waals surface area contributed by atoms with Crippen molar-refractivity contribution in [2.45, 2.75) is 32.9 Å². The van der Waals surface area contributed by atoms with Crippen LogP contribution in [0.3, 0.4) is 0 Å². The maximum Gasteiger partial charge on any atom is 0.131 e. The summed E-state index contributed by atoms with van der Waals surface area (Å²) in [6, 6.07) is 7.72. The Kier molecular flexibility index (Phi) is 4.68. The van der Waals surface area contributed by atoms with Gasteiger partial charge in [-0.2, -0.15) is 5.10 Å². The highest BCUT2D eigenvalue weighted by molar-refractivity contribution is 6.31. The summed E-state index contributed by atoms with van der Waals surface area (Å²) in [4.78, 5) is 0. The number of hydrogen-bond acceptors (Lipinski definition) is 3. The van der Waals surface area contributed by atoms with Crippen molar-refractivity contribution in [1.29, 1.82) is 0 Å². The molecule has 0 bridgehead atoms. The molecule has 0 unspecified atom stereocenters. The van der Waals surface area contributed by atoms with Crippen LogP contribution >= 0.6 is 11.6 Å². The van der Waals surface area contributed by atoms with Gasteiger partial charge in [0.15, 0.2) is 0 Å². The topological polar surface area (TPSA) is 53.1 Å². The van der Waals surface area contributed by atoms with Gasteiger partial charge in [-0.1, -0.05) is 36.7 Å². The third kappa shape index (κ3) is 2.97. The second-order valence-electron chi connectivity index (χ2n) is 4.80. The highest BCUT2D eigenvalue weighted by Crippen LogP contribution is 2.26. The van der Waals surface area contributed by atoms with Crippen LogP contribution in [-0.4, -0.2) is 9.78 Å². The molecule has 1 atom stereocenters. The van der Waals surface area contributed by atoms with Crippen molar-refractivity contribution in [3.8, 4) is 5.75 Å². The van der Waals surface area contributed by atoms with Crippen molar-refractivity contribution in [3.05, 3.63) is 46.2 Å². The molecule has 4 nitrogen and oxygen atoms in total.